The number of thioether (sulfide) groups is 1. The summed E-state index contributed by atoms with van der Waals surface area (Å²) < 4.78 is 1.49. The highest BCUT2D eigenvalue weighted by Crippen LogP contribution is 2.35. The number of hydrogen-bond acceptors (Lipinski definition) is 6. The van der Waals surface area contributed by atoms with Crippen LogP contribution >= 0.6 is 23.1 Å². The van der Waals surface area contributed by atoms with Crippen LogP contribution in [0.1, 0.15) is 36.9 Å². The molecule has 2 aromatic carbocycles. The predicted molar refractivity (Wildman–Crippen MR) is 112 cm³/mol. The maximum absolute atomic E-state index is 12.7. The van der Waals surface area contributed by atoms with E-state index in [1.165, 1.54) is 46.4 Å². The van der Waals surface area contributed by atoms with Crippen molar-refractivity contribution >= 4 is 44.9 Å². The summed E-state index contributed by atoms with van der Waals surface area (Å²) in [5.41, 5.74) is 3.29. The predicted octanol–water partition coefficient (Wildman–Crippen LogP) is 4.88. The monoisotopic (exact) mass is 413 g/mol. The third-order valence-electron chi connectivity index (χ3n) is 4.90. The van der Waals surface area contributed by atoms with Crippen LogP contribution < -0.4 is 5.32 Å². The molecule has 1 aromatic heterocycles. The summed E-state index contributed by atoms with van der Waals surface area (Å²) in [6, 6.07) is 13.0. The topological polar surface area (TPSA) is 85.1 Å². The Morgan fingerprint density at radius 3 is 3.00 bits per heavy atom. The number of amides is 1. The summed E-state index contributed by atoms with van der Waals surface area (Å²) >= 11 is 2.76. The van der Waals surface area contributed by atoms with E-state index in [4.69, 9.17) is 0 Å². The number of thiazole rings is 1. The highest BCUT2D eigenvalue weighted by Gasteiger charge is 2.24. The quantitative estimate of drug-likeness (QED) is 0.366. The molecule has 1 heterocycles. The van der Waals surface area contributed by atoms with E-state index >= 15 is 0 Å². The van der Waals surface area contributed by atoms with Crippen molar-refractivity contribution in [2.45, 2.75) is 41.8 Å². The average Bonchev–Trinajstić information content (AvgIpc) is 3.09. The van der Waals surface area contributed by atoms with Crippen molar-refractivity contribution in [3.63, 3.8) is 0 Å². The van der Waals surface area contributed by atoms with Gasteiger partial charge in [0.25, 0.3) is 5.69 Å². The molecule has 1 aliphatic rings. The van der Waals surface area contributed by atoms with Gasteiger partial charge in [-0.1, -0.05) is 36.0 Å². The third kappa shape index (κ3) is 3.88. The average molecular weight is 414 g/mol. The molecule has 0 spiro atoms. The van der Waals surface area contributed by atoms with Gasteiger partial charge < -0.3 is 5.32 Å². The van der Waals surface area contributed by atoms with E-state index in [1.807, 2.05) is 19.1 Å². The number of benzene rings is 2. The lowest BCUT2D eigenvalue weighted by molar-refractivity contribution is -0.384. The standard InChI is InChI=1S/C20H19N3O3S2/c1-12(19(24)21-16-8-4-6-13-5-2-3-7-15(13)16)27-20-22-17-10-9-14(23(25)26)11-18(17)28-20/h2-3,5,7,9-12,16H,4,6,8H2,1H3,(H,21,24)/t12-,16-/m1/s1. The summed E-state index contributed by atoms with van der Waals surface area (Å²) in [6.07, 6.45) is 3.08. The van der Waals surface area contributed by atoms with Crippen molar-refractivity contribution in [2.24, 2.45) is 0 Å². The number of carbonyl (C=O) groups is 1. The van der Waals surface area contributed by atoms with Gasteiger partial charge in [0.1, 0.15) is 0 Å². The maximum Gasteiger partial charge on any atom is 0.270 e. The molecule has 0 fully saturated rings. The first-order valence-corrected chi connectivity index (χ1v) is 10.8. The summed E-state index contributed by atoms with van der Waals surface area (Å²) in [5.74, 6) is -0.0167. The van der Waals surface area contributed by atoms with Crippen LogP contribution in [0.25, 0.3) is 10.2 Å². The van der Waals surface area contributed by atoms with Gasteiger partial charge in [0, 0.05) is 12.1 Å². The molecule has 144 valence electrons. The zero-order valence-corrected chi connectivity index (χ0v) is 16.9. The number of nitrogens with zero attached hydrogens (tertiary/aromatic N) is 2. The molecule has 0 saturated carbocycles. The molecule has 0 saturated heterocycles. The zero-order valence-electron chi connectivity index (χ0n) is 15.3. The van der Waals surface area contributed by atoms with E-state index < -0.39 is 4.92 Å². The summed E-state index contributed by atoms with van der Waals surface area (Å²) in [4.78, 5) is 27.8. The Bertz CT molecular complexity index is 1050. The molecule has 0 bridgehead atoms. The Balaban J connectivity index is 1.45. The molecule has 1 aliphatic carbocycles. The zero-order chi connectivity index (χ0) is 19.7. The molecular formula is C20H19N3O3S2. The third-order valence-corrected chi connectivity index (χ3v) is 7.11. The molecule has 0 aliphatic heterocycles. The number of fused-ring (bicyclic) bond motifs is 2. The van der Waals surface area contributed by atoms with Gasteiger partial charge >= 0.3 is 0 Å². The van der Waals surface area contributed by atoms with Crippen LogP contribution in [-0.2, 0) is 11.2 Å². The number of carbonyl (C=O) groups excluding carboxylic acids is 1. The molecule has 4 rings (SSSR count). The highest BCUT2D eigenvalue weighted by atomic mass is 32.2. The first kappa shape index (κ1) is 18.9. The molecule has 0 unspecified atom stereocenters. The Hall–Kier alpha value is -2.45. The van der Waals surface area contributed by atoms with Crippen LogP contribution in [-0.4, -0.2) is 21.1 Å². The van der Waals surface area contributed by atoms with Crippen molar-refractivity contribution < 1.29 is 9.72 Å². The molecule has 1 amide bonds. The Morgan fingerprint density at radius 2 is 2.18 bits per heavy atom. The van der Waals surface area contributed by atoms with E-state index in [1.54, 1.807) is 6.07 Å². The van der Waals surface area contributed by atoms with Gasteiger partial charge in [-0.05, 0) is 43.4 Å². The number of aromatic nitrogens is 1. The molecule has 2 atom stereocenters. The lowest BCUT2D eigenvalue weighted by Crippen LogP contribution is -2.35. The Morgan fingerprint density at radius 1 is 1.36 bits per heavy atom. The van der Waals surface area contributed by atoms with Crippen molar-refractivity contribution in [1.82, 2.24) is 10.3 Å². The normalized spacial score (nSPS) is 17.1. The Labute approximate surface area is 170 Å². The lowest BCUT2D eigenvalue weighted by atomic mass is 9.88. The molecule has 0 radical (unpaired) electrons. The second kappa shape index (κ2) is 7.89. The van der Waals surface area contributed by atoms with Gasteiger partial charge in [0.2, 0.25) is 5.91 Å². The van der Waals surface area contributed by atoms with Gasteiger partial charge in [0.15, 0.2) is 4.34 Å². The van der Waals surface area contributed by atoms with Gasteiger partial charge in [-0.3, -0.25) is 14.9 Å². The van der Waals surface area contributed by atoms with Crippen LogP contribution in [0, 0.1) is 10.1 Å². The molecule has 3 aromatic rings. The van der Waals surface area contributed by atoms with Crippen LogP contribution in [0.3, 0.4) is 0 Å². The minimum atomic E-state index is -0.413. The van der Waals surface area contributed by atoms with E-state index in [-0.39, 0.29) is 22.9 Å². The summed E-state index contributed by atoms with van der Waals surface area (Å²) in [7, 11) is 0. The number of nitrogens with one attached hydrogen (secondary N) is 1. The minimum absolute atomic E-state index is 0.0167. The first-order valence-electron chi connectivity index (χ1n) is 9.11. The molecule has 28 heavy (non-hydrogen) atoms. The smallest absolute Gasteiger partial charge is 0.270 e. The van der Waals surface area contributed by atoms with Crippen LogP contribution in [0.4, 0.5) is 5.69 Å². The van der Waals surface area contributed by atoms with Gasteiger partial charge in [-0.15, -0.1) is 11.3 Å². The SMILES string of the molecule is C[C@@H](Sc1nc2ccc([N+](=O)[O-])cc2s1)C(=O)N[C@@H]1CCCc2ccccc21. The number of nitro benzene ring substituents is 1. The van der Waals surface area contributed by atoms with E-state index in [0.717, 1.165) is 28.3 Å². The maximum atomic E-state index is 12.7. The fourth-order valence-corrected chi connectivity index (χ4v) is 5.71. The van der Waals surface area contributed by atoms with Crippen molar-refractivity contribution in [3.8, 4) is 0 Å². The second-order valence-corrected chi connectivity index (χ2v) is 9.42. The number of non-ortho nitro benzene ring substituents is 1. The number of nitro groups is 1. The minimum Gasteiger partial charge on any atom is -0.348 e. The summed E-state index contributed by atoms with van der Waals surface area (Å²) in [6.45, 7) is 1.86. The van der Waals surface area contributed by atoms with Crippen molar-refractivity contribution in [3.05, 3.63) is 63.7 Å². The van der Waals surface area contributed by atoms with Crippen LogP contribution in [0.5, 0.6) is 0 Å². The lowest BCUT2D eigenvalue weighted by Gasteiger charge is -2.27. The first-order chi connectivity index (χ1) is 13.5. The number of rotatable bonds is 5. The fraction of sp³-hybridized carbons (Fsp3) is 0.300. The fourth-order valence-electron chi connectivity index (χ4n) is 3.45. The van der Waals surface area contributed by atoms with Gasteiger partial charge in [-0.25, -0.2) is 4.98 Å². The largest absolute Gasteiger partial charge is 0.348 e. The van der Waals surface area contributed by atoms with Crippen molar-refractivity contribution in [1.29, 1.82) is 0 Å². The van der Waals surface area contributed by atoms with Crippen LogP contribution in [0.2, 0.25) is 0 Å². The second-order valence-electron chi connectivity index (χ2n) is 6.80. The van der Waals surface area contributed by atoms with E-state index in [2.05, 4.69) is 22.4 Å². The van der Waals surface area contributed by atoms with E-state index in [0.29, 0.717) is 5.52 Å². The number of aryl methyl sites for hydroxylation is 1. The highest BCUT2D eigenvalue weighted by molar-refractivity contribution is 8.02. The van der Waals surface area contributed by atoms with Crippen LogP contribution in [0.15, 0.2) is 46.8 Å². The van der Waals surface area contributed by atoms with Crippen molar-refractivity contribution in [2.75, 3.05) is 0 Å². The Kier molecular flexibility index (Phi) is 5.32. The molecular weight excluding hydrogens is 394 g/mol. The van der Waals surface area contributed by atoms with Gasteiger partial charge in [-0.2, -0.15) is 0 Å². The number of hydrogen-bond donors (Lipinski definition) is 1. The molecule has 6 nitrogen and oxygen atoms in total. The summed E-state index contributed by atoms with van der Waals surface area (Å²) in [5, 5.41) is 13.8. The van der Waals surface area contributed by atoms with E-state index in [9.17, 15) is 14.9 Å². The van der Waals surface area contributed by atoms with Gasteiger partial charge in [0.05, 0.1) is 26.4 Å². The molecule has 1 N–H and O–H groups in total. The molecule has 8 heteroatoms.